The number of nitrogens with one attached hydrogen (secondary N) is 1. The van der Waals surface area contributed by atoms with Crippen molar-refractivity contribution < 1.29 is 19.8 Å². The van der Waals surface area contributed by atoms with Crippen LogP contribution in [0.4, 0.5) is 0 Å². The molecular weight excluding hydrogens is 200 g/mol. The maximum absolute atomic E-state index is 9.64. The lowest BCUT2D eigenvalue weighted by atomic mass is 10.3. The van der Waals surface area contributed by atoms with Crippen molar-refractivity contribution in [2.24, 2.45) is 0 Å². The van der Waals surface area contributed by atoms with E-state index in [9.17, 15) is 9.59 Å². The van der Waals surface area contributed by atoms with E-state index in [0.717, 1.165) is 5.69 Å². The van der Waals surface area contributed by atoms with Gasteiger partial charge in [-0.15, -0.1) is 0 Å². The minimum absolute atomic E-state index is 0.296. The van der Waals surface area contributed by atoms with E-state index in [0.29, 0.717) is 0 Å². The van der Waals surface area contributed by atoms with Gasteiger partial charge in [0.25, 0.3) is 0 Å². The fraction of sp³-hybridized carbons (Fsp3) is 0.444. The van der Waals surface area contributed by atoms with Crippen LogP contribution in [0.3, 0.4) is 0 Å². The predicted molar refractivity (Wildman–Crippen MR) is 52.6 cm³/mol. The van der Waals surface area contributed by atoms with E-state index in [1.807, 2.05) is 20.0 Å². The number of carbonyl (C=O) groups is 2. The number of aromatic amines is 1. The summed E-state index contributed by atoms with van der Waals surface area (Å²) < 4.78 is 0. The lowest BCUT2D eigenvalue weighted by Crippen LogP contribution is -2.00. The second kappa shape index (κ2) is 6.58. The van der Waals surface area contributed by atoms with Crippen LogP contribution < -0.4 is 0 Å². The molecule has 84 valence electrons. The maximum Gasteiger partial charge on any atom is 0.303 e. The molecule has 0 fully saturated rings. The van der Waals surface area contributed by atoms with E-state index >= 15 is 0 Å². The quantitative estimate of drug-likeness (QED) is 0.695. The highest BCUT2D eigenvalue weighted by atomic mass is 16.4. The first-order chi connectivity index (χ1) is 6.93. The number of carboxylic acids is 2. The average molecular weight is 214 g/mol. The molecule has 6 heteroatoms. The van der Waals surface area contributed by atoms with E-state index in [-0.39, 0.29) is 12.8 Å². The number of aromatic nitrogens is 2. The SMILES string of the molecule is Cc1c[nH]nc1C.O=C(O)CCC(=O)O. The van der Waals surface area contributed by atoms with Crippen LogP contribution in [0, 0.1) is 13.8 Å². The molecule has 0 unspecified atom stereocenters. The van der Waals surface area contributed by atoms with Gasteiger partial charge in [0.15, 0.2) is 0 Å². The second-order valence-electron chi connectivity index (χ2n) is 2.94. The molecule has 0 saturated carbocycles. The van der Waals surface area contributed by atoms with Crippen molar-refractivity contribution >= 4 is 11.9 Å². The summed E-state index contributed by atoms with van der Waals surface area (Å²) in [5, 5.41) is 22.4. The molecule has 1 aromatic heterocycles. The Morgan fingerprint density at radius 1 is 1.27 bits per heavy atom. The Hall–Kier alpha value is -1.85. The number of aliphatic carboxylic acids is 2. The number of nitrogens with zero attached hydrogens (tertiary/aromatic N) is 1. The summed E-state index contributed by atoms with van der Waals surface area (Å²) in [4.78, 5) is 19.3. The lowest BCUT2D eigenvalue weighted by molar-refractivity contribution is -0.143. The van der Waals surface area contributed by atoms with Crippen molar-refractivity contribution in [3.05, 3.63) is 17.5 Å². The maximum atomic E-state index is 9.64. The topological polar surface area (TPSA) is 103 Å². The van der Waals surface area contributed by atoms with Gasteiger partial charge in [0, 0.05) is 6.20 Å². The standard InChI is InChI=1S/C5H8N2.C4H6O4/c1-4-3-6-7-5(4)2;5-3(6)1-2-4(7)8/h3H,1-2H3,(H,6,7);1-2H2,(H,5,6)(H,7,8). The third-order valence-electron chi connectivity index (χ3n) is 1.64. The van der Waals surface area contributed by atoms with Crippen LogP contribution in [0.5, 0.6) is 0 Å². The molecule has 0 bridgehead atoms. The van der Waals surface area contributed by atoms with Gasteiger partial charge < -0.3 is 10.2 Å². The average Bonchev–Trinajstić information content (AvgIpc) is 2.49. The van der Waals surface area contributed by atoms with Crippen molar-refractivity contribution in [2.75, 3.05) is 0 Å². The van der Waals surface area contributed by atoms with Gasteiger partial charge in [-0.1, -0.05) is 0 Å². The molecule has 0 saturated heterocycles. The summed E-state index contributed by atoms with van der Waals surface area (Å²) in [6.07, 6.45) is 1.29. The molecular formula is C9H14N2O4. The monoisotopic (exact) mass is 214 g/mol. The normalized spacial score (nSPS) is 8.93. The van der Waals surface area contributed by atoms with Crippen LogP contribution in [-0.4, -0.2) is 32.3 Å². The van der Waals surface area contributed by atoms with Crippen molar-refractivity contribution in [3.63, 3.8) is 0 Å². The Morgan fingerprint density at radius 2 is 1.73 bits per heavy atom. The molecule has 0 aromatic carbocycles. The third kappa shape index (κ3) is 7.24. The van der Waals surface area contributed by atoms with Crippen LogP contribution in [0.2, 0.25) is 0 Å². The van der Waals surface area contributed by atoms with Gasteiger partial charge in [0.1, 0.15) is 0 Å². The van der Waals surface area contributed by atoms with E-state index in [1.165, 1.54) is 5.56 Å². The molecule has 0 aliphatic carbocycles. The van der Waals surface area contributed by atoms with Crippen molar-refractivity contribution in [1.29, 1.82) is 0 Å². The van der Waals surface area contributed by atoms with Crippen LogP contribution in [0.25, 0.3) is 0 Å². The molecule has 6 nitrogen and oxygen atoms in total. The first kappa shape index (κ1) is 13.2. The first-order valence-corrected chi connectivity index (χ1v) is 4.34. The number of aryl methyl sites for hydroxylation is 2. The summed E-state index contributed by atoms with van der Waals surface area (Å²) in [7, 11) is 0. The van der Waals surface area contributed by atoms with Crippen molar-refractivity contribution in [2.45, 2.75) is 26.7 Å². The second-order valence-corrected chi connectivity index (χ2v) is 2.94. The third-order valence-corrected chi connectivity index (χ3v) is 1.64. The van der Waals surface area contributed by atoms with Gasteiger partial charge >= 0.3 is 11.9 Å². The molecule has 0 radical (unpaired) electrons. The lowest BCUT2D eigenvalue weighted by Gasteiger charge is -1.85. The summed E-state index contributed by atoms with van der Waals surface area (Å²) >= 11 is 0. The van der Waals surface area contributed by atoms with E-state index in [2.05, 4.69) is 10.2 Å². The molecule has 1 rings (SSSR count). The molecule has 1 aromatic rings. The van der Waals surface area contributed by atoms with Crippen LogP contribution in [-0.2, 0) is 9.59 Å². The smallest absolute Gasteiger partial charge is 0.303 e. The van der Waals surface area contributed by atoms with Gasteiger partial charge in [-0.05, 0) is 19.4 Å². The number of rotatable bonds is 3. The zero-order valence-corrected chi connectivity index (χ0v) is 8.65. The minimum Gasteiger partial charge on any atom is -0.481 e. The van der Waals surface area contributed by atoms with Gasteiger partial charge in [0.05, 0.1) is 18.5 Å². The molecule has 0 aliphatic rings. The summed E-state index contributed by atoms with van der Waals surface area (Å²) in [6.45, 7) is 4.00. The number of hydrogen-bond acceptors (Lipinski definition) is 3. The minimum atomic E-state index is -1.08. The molecule has 0 aliphatic heterocycles. The largest absolute Gasteiger partial charge is 0.481 e. The van der Waals surface area contributed by atoms with E-state index in [1.54, 1.807) is 0 Å². The molecule has 1 heterocycles. The number of carboxylic acid groups (broad SMARTS) is 2. The number of hydrogen-bond donors (Lipinski definition) is 3. The van der Waals surface area contributed by atoms with Crippen molar-refractivity contribution in [3.8, 4) is 0 Å². The Kier molecular flexibility index (Phi) is 5.77. The van der Waals surface area contributed by atoms with Crippen molar-refractivity contribution in [1.82, 2.24) is 10.2 Å². The fourth-order valence-electron chi connectivity index (χ4n) is 0.632. The molecule has 15 heavy (non-hydrogen) atoms. The summed E-state index contributed by atoms with van der Waals surface area (Å²) in [5.41, 5.74) is 2.31. The zero-order valence-electron chi connectivity index (χ0n) is 8.65. The molecule has 0 spiro atoms. The highest BCUT2D eigenvalue weighted by Gasteiger charge is 2.00. The Balaban J connectivity index is 0.000000262. The Morgan fingerprint density at radius 3 is 1.87 bits per heavy atom. The van der Waals surface area contributed by atoms with Crippen LogP contribution >= 0.6 is 0 Å². The molecule has 0 amide bonds. The van der Waals surface area contributed by atoms with Gasteiger partial charge in [-0.25, -0.2) is 0 Å². The highest BCUT2D eigenvalue weighted by molar-refractivity contribution is 5.75. The van der Waals surface area contributed by atoms with E-state index < -0.39 is 11.9 Å². The van der Waals surface area contributed by atoms with Crippen LogP contribution in [0.15, 0.2) is 6.20 Å². The summed E-state index contributed by atoms with van der Waals surface area (Å²) in [5.74, 6) is -2.15. The zero-order chi connectivity index (χ0) is 11.8. The Bertz CT molecular complexity index is 302. The predicted octanol–water partition coefficient (Wildman–Crippen LogP) is 0.962. The first-order valence-electron chi connectivity index (χ1n) is 4.34. The van der Waals surface area contributed by atoms with Gasteiger partial charge in [-0.2, -0.15) is 5.10 Å². The number of H-pyrrole nitrogens is 1. The Labute approximate surface area is 86.9 Å². The summed E-state index contributed by atoms with van der Waals surface area (Å²) in [6, 6.07) is 0. The highest BCUT2D eigenvalue weighted by Crippen LogP contribution is 1.96. The van der Waals surface area contributed by atoms with Crippen LogP contribution in [0.1, 0.15) is 24.1 Å². The van der Waals surface area contributed by atoms with Gasteiger partial charge in [-0.3, -0.25) is 14.7 Å². The fourth-order valence-corrected chi connectivity index (χ4v) is 0.632. The van der Waals surface area contributed by atoms with Gasteiger partial charge in [0.2, 0.25) is 0 Å². The molecule has 3 N–H and O–H groups in total. The van der Waals surface area contributed by atoms with E-state index in [4.69, 9.17) is 10.2 Å². The molecule has 0 atom stereocenters.